The molecule has 0 aliphatic heterocycles. The largest absolute Gasteiger partial charge is 0.455 e. The second kappa shape index (κ2) is 7.91. The summed E-state index contributed by atoms with van der Waals surface area (Å²) in [5.74, 6) is 0.0447. The van der Waals surface area contributed by atoms with Crippen LogP contribution in [0.4, 0.5) is 11.4 Å². The molecule has 0 saturated heterocycles. The SMILES string of the molecule is O=C(N/N=C\c1ccc(-c2ccc([N+](=O)[O-])cc2)o1)c1ccccc1[N+](=O)[O-]. The van der Waals surface area contributed by atoms with Gasteiger partial charge in [0.1, 0.15) is 17.1 Å². The molecule has 3 aromatic rings. The van der Waals surface area contributed by atoms with Crippen molar-refractivity contribution in [2.24, 2.45) is 5.10 Å². The summed E-state index contributed by atoms with van der Waals surface area (Å²) in [5, 5.41) is 25.4. The average Bonchev–Trinajstić information content (AvgIpc) is 3.17. The van der Waals surface area contributed by atoms with Crippen LogP contribution in [0.25, 0.3) is 11.3 Å². The molecule has 0 aliphatic rings. The van der Waals surface area contributed by atoms with Crippen molar-refractivity contribution in [1.29, 1.82) is 0 Å². The Hall–Kier alpha value is -4.34. The molecule has 10 heteroatoms. The maximum absolute atomic E-state index is 12.1. The van der Waals surface area contributed by atoms with Crippen LogP contribution in [-0.2, 0) is 0 Å². The molecule has 10 nitrogen and oxygen atoms in total. The van der Waals surface area contributed by atoms with E-state index in [-0.39, 0.29) is 16.9 Å². The molecule has 0 radical (unpaired) electrons. The van der Waals surface area contributed by atoms with Crippen molar-refractivity contribution in [1.82, 2.24) is 5.43 Å². The van der Waals surface area contributed by atoms with E-state index in [2.05, 4.69) is 10.5 Å². The van der Waals surface area contributed by atoms with Crippen molar-refractivity contribution in [3.63, 3.8) is 0 Å². The van der Waals surface area contributed by atoms with Gasteiger partial charge in [0.25, 0.3) is 17.3 Å². The highest BCUT2D eigenvalue weighted by Crippen LogP contribution is 2.24. The molecule has 0 aliphatic carbocycles. The fraction of sp³-hybridized carbons (Fsp3) is 0. The first-order valence-electron chi connectivity index (χ1n) is 7.87. The topological polar surface area (TPSA) is 141 Å². The summed E-state index contributed by atoms with van der Waals surface area (Å²) >= 11 is 0. The fourth-order valence-electron chi connectivity index (χ4n) is 2.36. The maximum atomic E-state index is 12.1. The van der Waals surface area contributed by atoms with Gasteiger partial charge < -0.3 is 4.42 Å². The van der Waals surface area contributed by atoms with Gasteiger partial charge in [-0.15, -0.1) is 0 Å². The number of nitrogens with one attached hydrogen (secondary N) is 1. The minimum Gasteiger partial charge on any atom is -0.455 e. The Morgan fingerprint density at radius 3 is 2.36 bits per heavy atom. The van der Waals surface area contributed by atoms with E-state index in [0.29, 0.717) is 17.1 Å². The minimum absolute atomic E-state index is 0.0326. The number of furan rings is 1. The molecule has 0 bridgehead atoms. The van der Waals surface area contributed by atoms with E-state index in [1.54, 1.807) is 24.3 Å². The van der Waals surface area contributed by atoms with Crippen LogP contribution in [0.2, 0.25) is 0 Å². The summed E-state index contributed by atoms with van der Waals surface area (Å²) in [5.41, 5.74) is 2.36. The molecule has 2 aromatic carbocycles. The molecule has 1 amide bonds. The van der Waals surface area contributed by atoms with Crippen LogP contribution in [0.1, 0.15) is 16.1 Å². The number of hydrogen-bond acceptors (Lipinski definition) is 7. The van der Waals surface area contributed by atoms with Crippen LogP contribution in [-0.4, -0.2) is 22.0 Å². The van der Waals surface area contributed by atoms with E-state index in [1.807, 2.05) is 0 Å². The number of benzene rings is 2. The maximum Gasteiger partial charge on any atom is 0.282 e. The van der Waals surface area contributed by atoms with Crippen LogP contribution < -0.4 is 5.43 Å². The van der Waals surface area contributed by atoms with E-state index < -0.39 is 15.8 Å². The van der Waals surface area contributed by atoms with Crippen molar-refractivity contribution in [3.05, 3.63) is 92.2 Å². The van der Waals surface area contributed by atoms with Crippen molar-refractivity contribution in [3.8, 4) is 11.3 Å². The Morgan fingerprint density at radius 2 is 1.68 bits per heavy atom. The molecule has 1 N–H and O–H groups in total. The van der Waals surface area contributed by atoms with Crippen LogP contribution in [0.3, 0.4) is 0 Å². The van der Waals surface area contributed by atoms with Crippen molar-refractivity contribution >= 4 is 23.5 Å². The van der Waals surface area contributed by atoms with Crippen LogP contribution in [0.5, 0.6) is 0 Å². The van der Waals surface area contributed by atoms with Gasteiger partial charge in [0.05, 0.1) is 16.1 Å². The Kier molecular flexibility index (Phi) is 5.21. The number of non-ortho nitro benzene ring substituents is 1. The summed E-state index contributed by atoms with van der Waals surface area (Å²) < 4.78 is 5.54. The molecular formula is C18H12N4O6. The number of hydrogen-bond donors (Lipinski definition) is 1. The number of nitro groups is 2. The average molecular weight is 380 g/mol. The van der Waals surface area contributed by atoms with Gasteiger partial charge in [0.15, 0.2) is 0 Å². The number of para-hydroxylation sites is 1. The van der Waals surface area contributed by atoms with Gasteiger partial charge in [-0.2, -0.15) is 5.10 Å². The normalized spacial score (nSPS) is 10.7. The molecule has 0 spiro atoms. The standard InChI is InChI=1S/C18H12N4O6/c23-18(15-3-1-2-4-16(15)22(26)27)20-19-11-14-9-10-17(28-14)12-5-7-13(8-6-12)21(24)25/h1-11H,(H,20,23)/b19-11-. The highest BCUT2D eigenvalue weighted by atomic mass is 16.6. The number of nitrogens with zero attached hydrogens (tertiary/aromatic N) is 3. The predicted molar refractivity (Wildman–Crippen MR) is 99.0 cm³/mol. The van der Waals surface area contributed by atoms with Gasteiger partial charge in [-0.25, -0.2) is 5.43 Å². The highest BCUT2D eigenvalue weighted by molar-refractivity contribution is 5.98. The number of rotatable bonds is 6. The number of amides is 1. The van der Waals surface area contributed by atoms with Gasteiger partial charge in [-0.3, -0.25) is 25.0 Å². The van der Waals surface area contributed by atoms with E-state index in [0.717, 1.165) is 0 Å². The Labute approximate surface area is 157 Å². The molecule has 28 heavy (non-hydrogen) atoms. The zero-order valence-corrected chi connectivity index (χ0v) is 14.1. The lowest BCUT2D eigenvalue weighted by Crippen LogP contribution is -2.18. The van der Waals surface area contributed by atoms with Gasteiger partial charge in [-0.05, 0) is 30.3 Å². The van der Waals surface area contributed by atoms with Crippen LogP contribution in [0.15, 0.2) is 70.2 Å². The number of carbonyl (C=O) groups excluding carboxylic acids is 1. The molecular weight excluding hydrogens is 368 g/mol. The van der Waals surface area contributed by atoms with E-state index in [1.165, 1.54) is 42.6 Å². The molecule has 140 valence electrons. The molecule has 1 heterocycles. The van der Waals surface area contributed by atoms with E-state index >= 15 is 0 Å². The molecule has 3 rings (SSSR count). The lowest BCUT2D eigenvalue weighted by molar-refractivity contribution is -0.385. The first-order chi connectivity index (χ1) is 13.5. The smallest absolute Gasteiger partial charge is 0.282 e. The summed E-state index contributed by atoms with van der Waals surface area (Å²) in [4.78, 5) is 32.5. The first-order valence-corrected chi connectivity index (χ1v) is 7.87. The van der Waals surface area contributed by atoms with Crippen molar-refractivity contribution in [2.75, 3.05) is 0 Å². The third kappa shape index (κ3) is 4.07. The van der Waals surface area contributed by atoms with Gasteiger partial charge in [0.2, 0.25) is 0 Å². The number of hydrazone groups is 1. The third-order valence-corrected chi connectivity index (χ3v) is 3.69. The number of carbonyl (C=O) groups is 1. The van der Waals surface area contributed by atoms with Crippen molar-refractivity contribution in [2.45, 2.75) is 0 Å². The Balaban J connectivity index is 1.68. The fourth-order valence-corrected chi connectivity index (χ4v) is 2.36. The zero-order valence-electron chi connectivity index (χ0n) is 14.1. The lowest BCUT2D eigenvalue weighted by Gasteiger charge is -2.00. The molecule has 0 atom stereocenters. The summed E-state index contributed by atoms with van der Waals surface area (Å²) in [6.07, 6.45) is 1.24. The monoisotopic (exact) mass is 380 g/mol. The Bertz CT molecular complexity index is 1070. The lowest BCUT2D eigenvalue weighted by atomic mass is 10.1. The number of nitro benzene ring substituents is 2. The van der Waals surface area contributed by atoms with Gasteiger partial charge in [0, 0.05) is 23.8 Å². The minimum atomic E-state index is -0.731. The molecule has 0 unspecified atom stereocenters. The third-order valence-electron chi connectivity index (χ3n) is 3.69. The summed E-state index contributed by atoms with van der Waals surface area (Å²) in [6.45, 7) is 0. The first kappa shape index (κ1) is 18.5. The van der Waals surface area contributed by atoms with Crippen LogP contribution >= 0.6 is 0 Å². The quantitative estimate of drug-likeness (QED) is 0.394. The molecule has 1 aromatic heterocycles. The van der Waals surface area contributed by atoms with E-state index in [9.17, 15) is 25.0 Å². The highest BCUT2D eigenvalue weighted by Gasteiger charge is 2.18. The Morgan fingerprint density at radius 1 is 0.964 bits per heavy atom. The summed E-state index contributed by atoms with van der Waals surface area (Å²) in [6, 6.07) is 14.6. The second-order valence-electron chi connectivity index (χ2n) is 5.48. The van der Waals surface area contributed by atoms with Gasteiger partial charge in [-0.1, -0.05) is 12.1 Å². The van der Waals surface area contributed by atoms with Crippen molar-refractivity contribution < 1.29 is 19.1 Å². The second-order valence-corrected chi connectivity index (χ2v) is 5.48. The molecule has 0 fully saturated rings. The van der Waals surface area contributed by atoms with E-state index in [4.69, 9.17) is 4.42 Å². The van der Waals surface area contributed by atoms with Gasteiger partial charge >= 0.3 is 0 Å². The predicted octanol–water partition coefficient (Wildman–Crippen LogP) is 3.53. The summed E-state index contributed by atoms with van der Waals surface area (Å²) in [7, 11) is 0. The molecule has 0 saturated carbocycles. The van der Waals surface area contributed by atoms with Crippen LogP contribution in [0, 0.1) is 20.2 Å². The zero-order chi connectivity index (χ0) is 20.1.